The lowest BCUT2D eigenvalue weighted by Gasteiger charge is -2.31. The van der Waals surface area contributed by atoms with Crippen LogP contribution in [0.4, 0.5) is 0 Å². The third-order valence-electron chi connectivity index (χ3n) is 6.03. The predicted octanol–water partition coefficient (Wildman–Crippen LogP) is 3.95. The molecule has 0 radical (unpaired) electrons. The Bertz CT molecular complexity index is 908. The molecule has 1 unspecified atom stereocenters. The van der Waals surface area contributed by atoms with Crippen molar-refractivity contribution in [2.75, 3.05) is 13.2 Å². The number of ether oxygens (including phenoxy) is 1. The number of allylic oxidation sites excluding steroid dienone is 1. The van der Waals surface area contributed by atoms with E-state index in [1.807, 2.05) is 56.3 Å². The molecule has 1 saturated heterocycles. The molecule has 38 heavy (non-hydrogen) atoms. The summed E-state index contributed by atoms with van der Waals surface area (Å²) < 4.78 is 5.55. The molecule has 1 aliphatic rings. The Labute approximate surface area is 235 Å². The van der Waals surface area contributed by atoms with E-state index in [4.69, 9.17) is 38.5 Å². The normalized spacial score (nSPS) is 18.3. The maximum absolute atomic E-state index is 13.6. The maximum Gasteiger partial charge on any atom is 0.257 e. The van der Waals surface area contributed by atoms with Crippen LogP contribution in [0.1, 0.15) is 58.4 Å². The predicted molar refractivity (Wildman–Crippen MR) is 148 cm³/mol. The molecular formula is C27H40Cl2N4O5. The van der Waals surface area contributed by atoms with E-state index >= 15 is 0 Å². The minimum Gasteiger partial charge on any atom is -0.350 e. The molecule has 0 saturated carbocycles. The Hall–Kier alpha value is -2.17. The first-order valence-corrected chi connectivity index (χ1v) is 13.9. The second kappa shape index (κ2) is 16.7. The summed E-state index contributed by atoms with van der Waals surface area (Å²) in [7, 11) is 0. The highest BCUT2D eigenvalue weighted by molar-refractivity contribution is 6.44. The number of hydrogen-bond donors (Lipinski definition) is 3. The molecule has 2 rings (SSSR count). The number of nitrogens with one attached hydrogen (secondary N) is 2. The summed E-state index contributed by atoms with van der Waals surface area (Å²) in [5, 5.41) is 1.02. The lowest BCUT2D eigenvalue weighted by Crippen LogP contribution is -2.55. The molecule has 4 N–H and O–H groups in total. The fourth-order valence-electron chi connectivity index (χ4n) is 4.12. The van der Waals surface area contributed by atoms with Crippen LogP contribution in [0.25, 0.3) is 6.08 Å². The second-order valence-corrected chi connectivity index (χ2v) is 11.2. The summed E-state index contributed by atoms with van der Waals surface area (Å²) in [6.45, 7) is 5.82. The summed E-state index contributed by atoms with van der Waals surface area (Å²) >= 11 is 11.8. The van der Waals surface area contributed by atoms with Crippen molar-refractivity contribution in [3.8, 4) is 0 Å². The van der Waals surface area contributed by atoms with Gasteiger partial charge in [-0.05, 0) is 44.1 Å². The molecule has 1 aromatic rings. The van der Waals surface area contributed by atoms with E-state index in [-0.39, 0.29) is 18.9 Å². The number of carbonyl (C=O) groups is 3. The number of amides is 3. The highest BCUT2D eigenvalue weighted by Gasteiger charge is 2.36. The van der Waals surface area contributed by atoms with E-state index in [1.165, 1.54) is 6.92 Å². The number of nitrogens with two attached hydrogens (primary N) is 1. The molecule has 1 aliphatic heterocycles. The van der Waals surface area contributed by atoms with Crippen LogP contribution in [0.15, 0.2) is 36.4 Å². The zero-order valence-electron chi connectivity index (χ0n) is 22.3. The van der Waals surface area contributed by atoms with Crippen LogP contribution in [0.5, 0.6) is 0 Å². The van der Waals surface area contributed by atoms with Gasteiger partial charge in [0.25, 0.3) is 5.91 Å². The van der Waals surface area contributed by atoms with Gasteiger partial charge in [-0.25, -0.2) is 10.3 Å². The average Bonchev–Trinajstić information content (AvgIpc) is 2.88. The van der Waals surface area contributed by atoms with Gasteiger partial charge < -0.3 is 10.5 Å². The first-order valence-electron chi connectivity index (χ1n) is 13.0. The van der Waals surface area contributed by atoms with Gasteiger partial charge in [-0.3, -0.25) is 24.8 Å². The summed E-state index contributed by atoms with van der Waals surface area (Å²) in [4.78, 5) is 44.2. The lowest BCUT2D eigenvalue weighted by molar-refractivity contribution is -0.203. The third-order valence-corrected chi connectivity index (χ3v) is 6.31. The first-order chi connectivity index (χ1) is 18.1. The van der Waals surface area contributed by atoms with Crippen molar-refractivity contribution in [2.45, 2.75) is 70.0 Å². The lowest BCUT2D eigenvalue weighted by atomic mass is 9.82. The van der Waals surface area contributed by atoms with Crippen LogP contribution in [-0.2, 0) is 24.0 Å². The molecular weight excluding hydrogens is 531 g/mol. The number of hydroxylamine groups is 1. The van der Waals surface area contributed by atoms with Crippen molar-refractivity contribution in [3.05, 3.63) is 42.0 Å². The first kappa shape index (κ1) is 32.0. The molecule has 11 heteroatoms. The van der Waals surface area contributed by atoms with E-state index in [9.17, 15) is 14.4 Å². The zero-order valence-corrected chi connectivity index (χ0v) is 23.8. The van der Waals surface area contributed by atoms with Crippen LogP contribution < -0.4 is 16.6 Å². The third kappa shape index (κ3) is 11.3. The van der Waals surface area contributed by atoms with E-state index in [1.54, 1.807) is 0 Å². The number of hydrogen-bond acceptors (Lipinski definition) is 6. The van der Waals surface area contributed by atoms with Crippen LogP contribution >= 0.6 is 23.2 Å². The molecule has 0 spiro atoms. The average molecular weight is 572 g/mol. The smallest absolute Gasteiger partial charge is 0.257 e. The fourth-order valence-corrected chi connectivity index (χ4v) is 4.40. The van der Waals surface area contributed by atoms with E-state index < -0.39 is 46.7 Å². The summed E-state index contributed by atoms with van der Waals surface area (Å²) in [6, 6.07) is 8.76. The van der Waals surface area contributed by atoms with Crippen molar-refractivity contribution < 1.29 is 24.0 Å². The second-order valence-electron chi connectivity index (χ2n) is 9.88. The molecule has 0 aliphatic carbocycles. The molecule has 1 fully saturated rings. The number of carbonyl (C=O) groups excluding carboxylic acids is 3. The Morgan fingerprint density at radius 3 is 2.42 bits per heavy atom. The SMILES string of the molecule is CC(C)C[C@@H](C(=O)NN(CC(Cl)Cl)C(=O)[C@@H](C)N)[C@H](CC=Cc1ccccc1)C(=O)NOC1CCCCO1. The van der Waals surface area contributed by atoms with E-state index in [2.05, 4.69) is 10.9 Å². The Balaban J connectivity index is 2.28. The largest absolute Gasteiger partial charge is 0.350 e. The number of hydrazine groups is 1. The summed E-state index contributed by atoms with van der Waals surface area (Å²) in [6.07, 6.45) is 6.41. The van der Waals surface area contributed by atoms with Gasteiger partial charge in [-0.2, -0.15) is 0 Å². The Kier molecular flexibility index (Phi) is 14.1. The standard InChI is InChI=1S/C27H40Cl2N4O5/c1-18(2)16-22(25(34)31-33(17-23(28)29)27(36)19(3)30)21(13-9-12-20-10-5-4-6-11-20)26(35)32-38-24-14-7-8-15-37-24/h4-6,9-12,18-19,21-24H,7-8,13-17,30H2,1-3H3,(H,31,34)(H,32,35)/t19-,21+,22-,24?/m1/s1. The quantitative estimate of drug-likeness (QED) is 0.243. The highest BCUT2D eigenvalue weighted by Crippen LogP contribution is 2.26. The van der Waals surface area contributed by atoms with Gasteiger partial charge in [0, 0.05) is 13.0 Å². The minimum absolute atomic E-state index is 0.0770. The monoisotopic (exact) mass is 570 g/mol. The van der Waals surface area contributed by atoms with Crippen molar-refractivity contribution in [2.24, 2.45) is 23.5 Å². The van der Waals surface area contributed by atoms with E-state index in [0.717, 1.165) is 23.4 Å². The van der Waals surface area contributed by atoms with Gasteiger partial charge in [-0.15, -0.1) is 23.2 Å². The van der Waals surface area contributed by atoms with Crippen LogP contribution in [0.3, 0.4) is 0 Å². The van der Waals surface area contributed by atoms with E-state index in [0.29, 0.717) is 19.4 Å². The minimum atomic E-state index is -0.946. The molecule has 4 atom stereocenters. The van der Waals surface area contributed by atoms with Crippen molar-refractivity contribution >= 4 is 47.0 Å². The molecule has 0 aromatic heterocycles. The maximum atomic E-state index is 13.6. The van der Waals surface area contributed by atoms with Gasteiger partial charge in [0.1, 0.15) is 4.84 Å². The number of nitrogens with zero attached hydrogens (tertiary/aromatic N) is 1. The van der Waals surface area contributed by atoms with Gasteiger partial charge in [0.05, 0.1) is 24.4 Å². The van der Waals surface area contributed by atoms with Crippen LogP contribution in [0.2, 0.25) is 0 Å². The molecule has 212 valence electrons. The van der Waals surface area contributed by atoms with Gasteiger partial charge in [0.15, 0.2) is 6.29 Å². The molecule has 3 amide bonds. The number of rotatable bonds is 13. The van der Waals surface area contributed by atoms with Crippen LogP contribution in [-0.4, -0.2) is 53.1 Å². The number of benzene rings is 1. The molecule has 1 heterocycles. The zero-order chi connectivity index (χ0) is 28.1. The molecule has 0 bridgehead atoms. The number of halogens is 2. The van der Waals surface area contributed by atoms with Crippen molar-refractivity contribution in [1.29, 1.82) is 0 Å². The fraction of sp³-hybridized carbons (Fsp3) is 0.593. The van der Waals surface area contributed by atoms with Crippen molar-refractivity contribution in [1.82, 2.24) is 15.9 Å². The highest BCUT2D eigenvalue weighted by atomic mass is 35.5. The van der Waals surface area contributed by atoms with Gasteiger partial charge in [-0.1, -0.05) is 56.3 Å². The summed E-state index contributed by atoms with van der Waals surface area (Å²) in [5.74, 6) is -3.02. The van der Waals surface area contributed by atoms with Crippen molar-refractivity contribution in [3.63, 3.8) is 0 Å². The molecule has 1 aromatic carbocycles. The number of alkyl halides is 2. The Morgan fingerprint density at radius 2 is 1.84 bits per heavy atom. The topological polar surface area (TPSA) is 123 Å². The van der Waals surface area contributed by atoms with Gasteiger partial charge >= 0.3 is 0 Å². The Morgan fingerprint density at radius 1 is 1.13 bits per heavy atom. The summed E-state index contributed by atoms with van der Waals surface area (Å²) in [5.41, 5.74) is 11.8. The van der Waals surface area contributed by atoms with Gasteiger partial charge in [0.2, 0.25) is 11.8 Å². The molecule has 9 nitrogen and oxygen atoms in total. The van der Waals surface area contributed by atoms with Crippen LogP contribution in [0, 0.1) is 17.8 Å².